The van der Waals surface area contributed by atoms with Gasteiger partial charge in [-0.1, -0.05) is 272 Å². The summed E-state index contributed by atoms with van der Waals surface area (Å²) < 4.78 is 12.4. The molecule has 2 aliphatic rings. The molecule has 0 amide bonds. The maximum absolute atomic E-state index is 15.0. The predicted octanol–water partition coefficient (Wildman–Crippen LogP) is 17.8. The fourth-order valence-corrected chi connectivity index (χ4v) is 11.9. The zero-order valence-electron chi connectivity index (χ0n) is 46.3. The van der Waals surface area contributed by atoms with E-state index in [1.54, 1.807) is 0 Å². The molecule has 1 aliphatic carbocycles. The van der Waals surface area contributed by atoms with Gasteiger partial charge in [0.1, 0.15) is 18.4 Å². The Hall–Kier alpha value is -2.38. The summed E-state index contributed by atoms with van der Waals surface area (Å²) in [7, 11) is 0. The molecule has 6 atom stereocenters. The van der Waals surface area contributed by atoms with Gasteiger partial charge in [0.05, 0.1) is 17.3 Å². The lowest BCUT2D eigenvalue weighted by Gasteiger charge is -2.36. The molecule has 8 nitrogen and oxygen atoms in total. The number of unbranched alkanes of at least 4 members (excludes halogenated alkanes) is 36. The minimum absolute atomic E-state index is 0.0199. The third-order valence-electron chi connectivity index (χ3n) is 16.4. The molecule has 6 unspecified atom stereocenters. The van der Waals surface area contributed by atoms with Crippen LogP contribution < -0.4 is 0 Å². The van der Waals surface area contributed by atoms with Crippen LogP contribution in [0.25, 0.3) is 0 Å². The van der Waals surface area contributed by atoms with Gasteiger partial charge in [-0.2, -0.15) is 0 Å². The quantitative estimate of drug-likeness (QED) is 0.0336. The molecule has 1 heterocycles. The first-order valence-electron chi connectivity index (χ1n) is 30.7. The number of Topliss-reactive ketones (excluding diaryl/α,β-unsaturated/α-hetero) is 2. The van der Waals surface area contributed by atoms with Crippen LogP contribution in [0.5, 0.6) is 0 Å². The van der Waals surface area contributed by atoms with Crippen LogP contribution in [0.3, 0.4) is 0 Å². The van der Waals surface area contributed by atoms with Crippen LogP contribution in [-0.4, -0.2) is 41.9 Å². The number of cyclic esters (lactones) is 2. The summed E-state index contributed by atoms with van der Waals surface area (Å²) in [5.41, 5.74) is -1.28. The number of esters is 2. The highest BCUT2D eigenvalue weighted by molar-refractivity contribution is 6.00. The fourth-order valence-electron chi connectivity index (χ4n) is 11.9. The summed E-state index contributed by atoms with van der Waals surface area (Å²) in [6.07, 6.45) is 47.2. The van der Waals surface area contributed by atoms with Crippen molar-refractivity contribution in [2.24, 2.45) is 29.1 Å². The number of carbonyl (C=O) groups is 6. The van der Waals surface area contributed by atoms with Crippen LogP contribution in [0.15, 0.2) is 0 Å². The van der Waals surface area contributed by atoms with Gasteiger partial charge in [0.2, 0.25) is 5.78 Å². The molecule has 0 radical (unpaired) electrons. The van der Waals surface area contributed by atoms with Gasteiger partial charge in [-0.15, -0.1) is 0 Å². The Morgan fingerprint density at radius 2 is 0.757 bits per heavy atom. The molecule has 1 saturated heterocycles. The van der Waals surface area contributed by atoms with E-state index >= 15 is 0 Å². The van der Waals surface area contributed by atoms with Crippen LogP contribution in [-0.2, 0) is 38.2 Å². The molecule has 70 heavy (non-hydrogen) atoms. The first-order valence-corrected chi connectivity index (χ1v) is 30.7. The summed E-state index contributed by atoms with van der Waals surface area (Å²) in [5, 5.41) is 0. The van der Waals surface area contributed by atoms with E-state index in [1.807, 2.05) is 0 Å². The Balaban J connectivity index is 2.33. The smallest absolute Gasteiger partial charge is 0.325 e. The molecular weight excluding hydrogens is 873 g/mol. The van der Waals surface area contributed by atoms with Crippen LogP contribution >= 0.6 is 0 Å². The normalized spacial score (nSPS) is 20.9. The molecule has 0 aromatic carbocycles. The second-order valence-electron chi connectivity index (χ2n) is 22.3. The predicted molar refractivity (Wildman–Crippen MR) is 289 cm³/mol. The third-order valence-corrected chi connectivity index (χ3v) is 16.4. The lowest BCUT2D eigenvalue weighted by atomic mass is 9.77. The number of aldehydes is 2. The average molecular weight is 984 g/mol. The van der Waals surface area contributed by atoms with Crippen molar-refractivity contribution in [2.45, 2.75) is 329 Å². The Kier molecular flexibility index (Phi) is 37.4. The number of ketones is 2. The Labute approximate surface area is 430 Å². The molecule has 1 saturated carbocycles. The van der Waals surface area contributed by atoms with E-state index < -0.39 is 52.6 Å². The van der Waals surface area contributed by atoms with Crippen LogP contribution in [0.2, 0.25) is 0 Å². The molecule has 1 aliphatic heterocycles. The first-order chi connectivity index (χ1) is 34.2. The molecule has 0 aromatic rings. The lowest BCUT2D eigenvalue weighted by molar-refractivity contribution is -0.239. The van der Waals surface area contributed by atoms with E-state index in [0.29, 0.717) is 32.0 Å². The van der Waals surface area contributed by atoms with E-state index in [9.17, 15) is 28.8 Å². The summed E-state index contributed by atoms with van der Waals surface area (Å²) in [4.78, 5) is 85.1. The number of ether oxygens (including phenoxy) is 2. The Bertz CT molecular complexity index is 1380. The molecule has 8 heteroatoms. The van der Waals surface area contributed by atoms with E-state index in [1.165, 1.54) is 148 Å². The minimum Gasteiger partial charge on any atom is -0.414 e. The first kappa shape index (κ1) is 63.7. The highest BCUT2D eigenvalue weighted by atomic mass is 16.7. The molecule has 2 rings (SSSR count). The number of rotatable bonds is 50. The molecule has 0 N–H and O–H groups in total. The zero-order chi connectivity index (χ0) is 51.0. The molecule has 0 aromatic heterocycles. The number of hydrogen-bond donors (Lipinski definition) is 0. The average Bonchev–Trinajstić information content (AvgIpc) is 4.03. The molecule has 2 fully saturated rings. The van der Waals surface area contributed by atoms with Crippen molar-refractivity contribution in [1.29, 1.82) is 0 Å². The van der Waals surface area contributed by atoms with Crippen molar-refractivity contribution >= 4 is 36.1 Å². The van der Waals surface area contributed by atoms with Gasteiger partial charge in [-0.25, -0.2) is 0 Å². The van der Waals surface area contributed by atoms with Gasteiger partial charge >= 0.3 is 17.7 Å². The Morgan fingerprint density at radius 3 is 1.11 bits per heavy atom. The fraction of sp³-hybridized carbons (Fsp3) is 0.903. The monoisotopic (exact) mass is 983 g/mol. The topological polar surface area (TPSA) is 121 Å². The highest BCUT2D eigenvalue weighted by Gasteiger charge is 2.76. The van der Waals surface area contributed by atoms with Gasteiger partial charge in [-0.3, -0.25) is 19.2 Å². The number of hydrogen-bond acceptors (Lipinski definition) is 8. The lowest BCUT2D eigenvalue weighted by Crippen LogP contribution is -2.54. The van der Waals surface area contributed by atoms with Crippen LogP contribution in [0.1, 0.15) is 323 Å². The van der Waals surface area contributed by atoms with E-state index in [4.69, 9.17) is 9.47 Å². The summed E-state index contributed by atoms with van der Waals surface area (Å²) in [5.74, 6) is -7.86. The second-order valence-corrected chi connectivity index (χ2v) is 22.3. The summed E-state index contributed by atoms with van der Waals surface area (Å²) >= 11 is 0. The van der Waals surface area contributed by atoms with E-state index in [-0.39, 0.29) is 37.9 Å². The largest absolute Gasteiger partial charge is 0.414 e. The van der Waals surface area contributed by atoms with Crippen molar-refractivity contribution in [3.05, 3.63) is 0 Å². The Morgan fingerprint density at radius 1 is 0.443 bits per heavy atom. The van der Waals surface area contributed by atoms with Crippen molar-refractivity contribution in [1.82, 2.24) is 0 Å². The van der Waals surface area contributed by atoms with Crippen LogP contribution in [0.4, 0.5) is 0 Å². The molecule has 0 spiro atoms. The number of fused-ring (bicyclic) bond motifs is 1. The summed E-state index contributed by atoms with van der Waals surface area (Å²) in [6, 6.07) is 0. The van der Waals surface area contributed by atoms with Crippen molar-refractivity contribution in [3.8, 4) is 0 Å². The van der Waals surface area contributed by atoms with Gasteiger partial charge in [0, 0.05) is 25.2 Å². The maximum atomic E-state index is 15.0. The minimum atomic E-state index is -2.38. The van der Waals surface area contributed by atoms with Gasteiger partial charge < -0.3 is 19.1 Å². The molecule has 406 valence electrons. The van der Waals surface area contributed by atoms with Gasteiger partial charge in [0.25, 0.3) is 0 Å². The zero-order valence-corrected chi connectivity index (χ0v) is 46.3. The summed E-state index contributed by atoms with van der Waals surface area (Å²) in [6.45, 7) is 8.92. The third kappa shape index (κ3) is 24.1. The van der Waals surface area contributed by atoms with Gasteiger partial charge in [-0.05, 0) is 38.0 Å². The highest BCUT2D eigenvalue weighted by Crippen LogP contribution is 2.68. The SMILES string of the molecule is CCCCCCCCCCCCC(=O)C1(C(C=O)CCCCCCCCCCCC)OC(=O)CCC2C(C(=O)O1)C2(C(=O)CCCCCCCCCCCC)C(C=O)CCCCCCCCCCCC. The maximum Gasteiger partial charge on any atom is 0.325 e. The van der Waals surface area contributed by atoms with Crippen molar-refractivity contribution in [3.63, 3.8) is 0 Å². The van der Waals surface area contributed by atoms with E-state index in [2.05, 4.69) is 27.7 Å². The van der Waals surface area contributed by atoms with Crippen LogP contribution in [0, 0.1) is 29.1 Å². The van der Waals surface area contributed by atoms with Crippen molar-refractivity contribution < 1.29 is 38.2 Å². The number of carbonyl (C=O) groups excluding carboxylic acids is 6. The van der Waals surface area contributed by atoms with Gasteiger partial charge in [0.15, 0.2) is 0 Å². The molecular formula is C62H110O8. The van der Waals surface area contributed by atoms with E-state index in [0.717, 1.165) is 96.2 Å². The molecule has 0 bridgehead atoms. The standard InChI is InChI=1S/C62H110O8/c1-5-9-13-17-21-25-29-33-37-41-45-53(51-63)61(56(65)47-43-39-35-31-27-23-19-15-11-7-3)55-49-50-58(67)69-62(70-60(68)59(55)61,57(66)48-44-40-36-32-28-24-20-16-12-8-4)54(52-64)46-42-38-34-30-26-22-18-14-10-6-2/h51-55,59H,5-50H2,1-4H3. The second kappa shape index (κ2) is 41.0. The van der Waals surface area contributed by atoms with Crippen molar-refractivity contribution in [2.75, 3.05) is 0 Å².